The minimum atomic E-state index is -3.86. The zero-order valence-electron chi connectivity index (χ0n) is 19.6. The van der Waals surface area contributed by atoms with Gasteiger partial charge in [0.2, 0.25) is 5.88 Å². The maximum Gasteiger partial charge on any atom is 0.265 e. The van der Waals surface area contributed by atoms with Gasteiger partial charge in [0.1, 0.15) is 5.75 Å². The monoisotopic (exact) mass is 471 g/mol. The second kappa shape index (κ2) is 9.27. The number of benzene rings is 2. The molecule has 0 aliphatic carbocycles. The second-order valence-corrected chi connectivity index (χ2v) is 10.6. The largest absolute Gasteiger partial charge is 0.481 e. The number of carbonyl (C=O) groups is 1. The average molecular weight is 472 g/mol. The lowest BCUT2D eigenvalue weighted by atomic mass is 9.87. The molecule has 0 radical (unpaired) electrons. The number of amides is 1. The Balaban J connectivity index is 1.61. The molecule has 1 aromatic heterocycles. The molecule has 0 saturated carbocycles. The van der Waals surface area contributed by atoms with E-state index in [0.29, 0.717) is 22.7 Å². The summed E-state index contributed by atoms with van der Waals surface area (Å²) in [7, 11) is -3.86. The Hall–Kier alpha value is -3.33. The summed E-state index contributed by atoms with van der Waals surface area (Å²) in [5, 5.41) is 6.47. The van der Waals surface area contributed by atoms with Crippen molar-refractivity contribution in [3.05, 3.63) is 65.4 Å². The number of hydrogen-bond acceptors (Lipinski definition) is 6. The van der Waals surface area contributed by atoms with Crippen molar-refractivity contribution in [2.24, 2.45) is 0 Å². The molecule has 0 saturated heterocycles. The molecule has 0 spiro atoms. The molecule has 33 heavy (non-hydrogen) atoms. The second-order valence-electron chi connectivity index (χ2n) is 8.88. The highest BCUT2D eigenvalue weighted by Crippen LogP contribution is 2.25. The number of anilines is 2. The molecule has 1 heterocycles. The third-order valence-corrected chi connectivity index (χ3v) is 6.57. The predicted octanol–water partition coefficient (Wildman–Crippen LogP) is 4.80. The van der Waals surface area contributed by atoms with Crippen LogP contribution < -0.4 is 14.8 Å². The summed E-state index contributed by atoms with van der Waals surface area (Å²) in [4.78, 5) is 12.5. The van der Waals surface area contributed by atoms with Crippen LogP contribution in [0.4, 0.5) is 11.6 Å². The van der Waals surface area contributed by atoms with Gasteiger partial charge in [-0.2, -0.15) is 0 Å². The SMILES string of the molecule is Cc1noc(NS(=O)(=O)c2ccc(NC(=O)[C@H](C)Oc3ccc(C(C)(C)C)cc3)cc2)c1C. The van der Waals surface area contributed by atoms with Gasteiger partial charge in [0.25, 0.3) is 15.9 Å². The molecule has 0 fully saturated rings. The zero-order valence-corrected chi connectivity index (χ0v) is 20.4. The van der Waals surface area contributed by atoms with Crippen molar-refractivity contribution < 1.29 is 22.5 Å². The number of aryl methyl sites for hydroxylation is 1. The highest BCUT2D eigenvalue weighted by molar-refractivity contribution is 7.92. The molecule has 176 valence electrons. The van der Waals surface area contributed by atoms with E-state index >= 15 is 0 Å². The van der Waals surface area contributed by atoms with Gasteiger partial charge in [0.15, 0.2) is 6.10 Å². The smallest absolute Gasteiger partial charge is 0.265 e. The minimum Gasteiger partial charge on any atom is -0.481 e. The lowest BCUT2D eigenvalue weighted by molar-refractivity contribution is -0.122. The van der Waals surface area contributed by atoms with Gasteiger partial charge in [-0.3, -0.25) is 4.79 Å². The summed E-state index contributed by atoms with van der Waals surface area (Å²) < 4.78 is 38.3. The number of sulfonamides is 1. The first-order valence-corrected chi connectivity index (χ1v) is 12.0. The van der Waals surface area contributed by atoms with Crippen LogP contribution in [-0.2, 0) is 20.2 Å². The Bertz CT molecular complexity index is 1220. The number of hydrogen-bond donors (Lipinski definition) is 2. The lowest BCUT2D eigenvalue weighted by Gasteiger charge is -2.20. The van der Waals surface area contributed by atoms with Crippen LogP contribution in [0.5, 0.6) is 5.75 Å². The van der Waals surface area contributed by atoms with Gasteiger partial charge in [0, 0.05) is 11.3 Å². The van der Waals surface area contributed by atoms with Crippen LogP contribution in [-0.4, -0.2) is 25.6 Å². The zero-order chi connectivity index (χ0) is 24.4. The molecule has 0 bridgehead atoms. The molecule has 2 aromatic carbocycles. The fraction of sp³-hybridized carbons (Fsp3) is 0.333. The number of rotatable bonds is 7. The van der Waals surface area contributed by atoms with Crippen LogP contribution in [0.25, 0.3) is 0 Å². The number of nitrogens with zero attached hydrogens (tertiary/aromatic N) is 1. The molecule has 1 amide bonds. The van der Waals surface area contributed by atoms with Crippen LogP contribution >= 0.6 is 0 Å². The van der Waals surface area contributed by atoms with Gasteiger partial charge in [-0.15, -0.1) is 0 Å². The Morgan fingerprint density at radius 2 is 1.64 bits per heavy atom. The van der Waals surface area contributed by atoms with E-state index in [0.717, 1.165) is 0 Å². The molecule has 1 atom stereocenters. The Kier molecular flexibility index (Phi) is 6.83. The van der Waals surface area contributed by atoms with Crippen LogP contribution in [0.15, 0.2) is 57.9 Å². The fourth-order valence-electron chi connectivity index (χ4n) is 2.94. The van der Waals surface area contributed by atoms with Gasteiger partial charge in [-0.05, 0) is 68.1 Å². The highest BCUT2D eigenvalue weighted by Gasteiger charge is 2.20. The molecule has 0 aliphatic rings. The Morgan fingerprint density at radius 3 is 2.15 bits per heavy atom. The highest BCUT2D eigenvalue weighted by atomic mass is 32.2. The van der Waals surface area contributed by atoms with Gasteiger partial charge in [0.05, 0.1) is 10.6 Å². The van der Waals surface area contributed by atoms with Gasteiger partial charge >= 0.3 is 0 Å². The number of aromatic nitrogens is 1. The van der Waals surface area contributed by atoms with E-state index in [4.69, 9.17) is 9.26 Å². The molecule has 0 aliphatic heterocycles. The summed E-state index contributed by atoms with van der Waals surface area (Å²) in [5.74, 6) is 0.318. The minimum absolute atomic E-state index is 0.0252. The summed E-state index contributed by atoms with van der Waals surface area (Å²) >= 11 is 0. The Labute approximate surface area is 194 Å². The van der Waals surface area contributed by atoms with Crippen LogP contribution in [0.3, 0.4) is 0 Å². The summed E-state index contributed by atoms with van der Waals surface area (Å²) in [6.45, 7) is 11.5. The first kappa shape index (κ1) is 24.3. The maximum absolute atomic E-state index is 12.6. The quantitative estimate of drug-likeness (QED) is 0.512. The van der Waals surface area contributed by atoms with E-state index in [-0.39, 0.29) is 22.1 Å². The van der Waals surface area contributed by atoms with E-state index in [2.05, 4.69) is 36.0 Å². The lowest BCUT2D eigenvalue weighted by Crippen LogP contribution is -2.30. The van der Waals surface area contributed by atoms with Crippen LogP contribution in [0, 0.1) is 13.8 Å². The van der Waals surface area contributed by atoms with Gasteiger partial charge in [-0.1, -0.05) is 38.1 Å². The van der Waals surface area contributed by atoms with Crippen molar-refractivity contribution in [2.45, 2.75) is 58.0 Å². The van der Waals surface area contributed by atoms with Crippen LogP contribution in [0.1, 0.15) is 44.5 Å². The third-order valence-electron chi connectivity index (χ3n) is 5.22. The normalized spacial score (nSPS) is 12.8. The molecule has 8 nitrogen and oxygen atoms in total. The van der Waals surface area contributed by atoms with E-state index in [1.54, 1.807) is 20.8 Å². The molecule has 9 heteroatoms. The Morgan fingerprint density at radius 1 is 1.03 bits per heavy atom. The maximum atomic E-state index is 12.6. The van der Waals surface area contributed by atoms with Gasteiger partial charge < -0.3 is 14.6 Å². The number of ether oxygens (including phenoxy) is 1. The molecule has 3 aromatic rings. The predicted molar refractivity (Wildman–Crippen MR) is 127 cm³/mol. The summed E-state index contributed by atoms with van der Waals surface area (Å²) in [6.07, 6.45) is -0.742. The first-order valence-electron chi connectivity index (χ1n) is 10.5. The van der Waals surface area contributed by atoms with E-state index in [1.165, 1.54) is 29.8 Å². The van der Waals surface area contributed by atoms with Crippen molar-refractivity contribution in [1.29, 1.82) is 0 Å². The number of carbonyl (C=O) groups excluding carboxylic acids is 1. The van der Waals surface area contributed by atoms with E-state index in [1.807, 2.05) is 24.3 Å². The van der Waals surface area contributed by atoms with Crippen molar-refractivity contribution in [2.75, 3.05) is 10.0 Å². The van der Waals surface area contributed by atoms with Gasteiger partial charge in [-0.25, -0.2) is 13.1 Å². The summed E-state index contributed by atoms with van der Waals surface area (Å²) in [6, 6.07) is 13.5. The molecular weight excluding hydrogens is 442 g/mol. The van der Waals surface area contributed by atoms with E-state index in [9.17, 15) is 13.2 Å². The fourth-order valence-corrected chi connectivity index (χ4v) is 3.99. The summed E-state index contributed by atoms with van der Waals surface area (Å²) in [5.41, 5.74) is 2.87. The first-order chi connectivity index (χ1) is 15.4. The van der Waals surface area contributed by atoms with Crippen molar-refractivity contribution in [1.82, 2.24) is 5.16 Å². The van der Waals surface area contributed by atoms with Crippen molar-refractivity contribution in [3.63, 3.8) is 0 Å². The molecule has 0 unspecified atom stereocenters. The van der Waals surface area contributed by atoms with Crippen LogP contribution in [0.2, 0.25) is 0 Å². The third kappa shape index (κ3) is 5.92. The average Bonchev–Trinajstić information content (AvgIpc) is 3.05. The topological polar surface area (TPSA) is 111 Å². The molecule has 2 N–H and O–H groups in total. The van der Waals surface area contributed by atoms with E-state index < -0.39 is 16.1 Å². The molecule has 3 rings (SSSR count). The number of nitrogens with one attached hydrogen (secondary N) is 2. The van der Waals surface area contributed by atoms with Crippen molar-refractivity contribution in [3.8, 4) is 5.75 Å². The standard InChI is InChI=1S/C24H29N3O5S/c1-15-16(2)26-32-23(15)27-33(29,30)21-13-9-19(10-14-21)25-22(28)17(3)31-20-11-7-18(8-12-20)24(4,5)6/h7-14,17,27H,1-6H3,(H,25,28)/t17-/m0/s1. The van der Waals surface area contributed by atoms with Crippen molar-refractivity contribution >= 4 is 27.5 Å². The molecular formula is C24H29N3O5S.